The number of hydrogen-bond donors (Lipinski definition) is 1. The van der Waals surface area contributed by atoms with Crippen LogP contribution in [0.3, 0.4) is 0 Å². The van der Waals surface area contributed by atoms with E-state index >= 15 is 0 Å². The quantitative estimate of drug-likeness (QED) is 0.675. The van der Waals surface area contributed by atoms with Gasteiger partial charge in [0.25, 0.3) is 0 Å². The van der Waals surface area contributed by atoms with Crippen molar-refractivity contribution in [3.63, 3.8) is 0 Å². The molecular formula is C16H16BrNO3. The maximum Gasteiger partial charge on any atom is 0.340 e. The summed E-state index contributed by atoms with van der Waals surface area (Å²) >= 11 is 3.39. The SMILES string of the molecule is COc1ccc(COC(=O)c2cccc(C)c2N)cc1Br. The molecule has 0 saturated heterocycles. The first-order chi connectivity index (χ1) is 10.0. The second-order valence-electron chi connectivity index (χ2n) is 4.58. The summed E-state index contributed by atoms with van der Waals surface area (Å²) in [6.45, 7) is 2.03. The summed E-state index contributed by atoms with van der Waals surface area (Å²) in [5.41, 5.74) is 8.46. The Labute approximate surface area is 132 Å². The molecule has 0 amide bonds. The number of carbonyl (C=O) groups is 1. The van der Waals surface area contributed by atoms with Crippen molar-refractivity contribution >= 4 is 27.6 Å². The molecule has 0 fully saturated rings. The molecule has 2 N–H and O–H groups in total. The van der Waals surface area contributed by atoms with Crippen LogP contribution in [0.5, 0.6) is 5.75 Å². The smallest absolute Gasteiger partial charge is 0.340 e. The number of halogens is 1. The van der Waals surface area contributed by atoms with Gasteiger partial charge in [-0.3, -0.25) is 0 Å². The molecule has 0 spiro atoms. The highest BCUT2D eigenvalue weighted by molar-refractivity contribution is 9.10. The Hall–Kier alpha value is -2.01. The molecule has 5 heteroatoms. The van der Waals surface area contributed by atoms with E-state index in [-0.39, 0.29) is 6.61 Å². The number of rotatable bonds is 4. The molecule has 0 bridgehead atoms. The highest BCUT2D eigenvalue weighted by Gasteiger charge is 2.12. The Morgan fingerprint density at radius 1 is 1.29 bits per heavy atom. The third kappa shape index (κ3) is 3.55. The number of para-hydroxylation sites is 1. The van der Waals surface area contributed by atoms with Crippen LogP contribution in [-0.2, 0) is 11.3 Å². The number of hydrogen-bond acceptors (Lipinski definition) is 4. The van der Waals surface area contributed by atoms with Gasteiger partial charge >= 0.3 is 5.97 Å². The zero-order valence-electron chi connectivity index (χ0n) is 11.9. The molecule has 110 valence electrons. The van der Waals surface area contributed by atoms with Gasteiger partial charge in [-0.25, -0.2) is 4.79 Å². The minimum absolute atomic E-state index is 0.175. The number of aryl methyl sites for hydroxylation is 1. The normalized spacial score (nSPS) is 10.2. The van der Waals surface area contributed by atoms with Crippen molar-refractivity contribution in [1.82, 2.24) is 0 Å². The van der Waals surface area contributed by atoms with Crippen molar-refractivity contribution in [2.75, 3.05) is 12.8 Å². The Morgan fingerprint density at radius 2 is 2.05 bits per heavy atom. The average Bonchev–Trinajstić information content (AvgIpc) is 2.47. The van der Waals surface area contributed by atoms with Crippen LogP contribution in [0.2, 0.25) is 0 Å². The Kier molecular flexibility index (Phi) is 4.85. The number of methoxy groups -OCH3 is 1. The molecule has 2 rings (SSSR count). The van der Waals surface area contributed by atoms with Gasteiger partial charge in [0.1, 0.15) is 12.4 Å². The number of ether oxygens (including phenoxy) is 2. The van der Waals surface area contributed by atoms with Gasteiger partial charge in [0.2, 0.25) is 0 Å². The predicted molar refractivity (Wildman–Crippen MR) is 85.4 cm³/mol. The molecular weight excluding hydrogens is 334 g/mol. The van der Waals surface area contributed by atoms with Gasteiger partial charge < -0.3 is 15.2 Å². The summed E-state index contributed by atoms with van der Waals surface area (Å²) < 4.78 is 11.3. The lowest BCUT2D eigenvalue weighted by atomic mass is 10.1. The molecule has 0 radical (unpaired) electrons. The Morgan fingerprint density at radius 3 is 2.71 bits per heavy atom. The highest BCUT2D eigenvalue weighted by Crippen LogP contribution is 2.26. The van der Waals surface area contributed by atoms with Crippen LogP contribution in [0.1, 0.15) is 21.5 Å². The van der Waals surface area contributed by atoms with Gasteiger partial charge in [-0.05, 0) is 52.2 Å². The van der Waals surface area contributed by atoms with E-state index in [9.17, 15) is 4.79 Å². The average molecular weight is 350 g/mol. The van der Waals surface area contributed by atoms with E-state index in [1.165, 1.54) is 0 Å². The van der Waals surface area contributed by atoms with Crippen LogP contribution >= 0.6 is 15.9 Å². The molecule has 0 aromatic heterocycles. The first-order valence-corrected chi connectivity index (χ1v) is 7.17. The van der Waals surface area contributed by atoms with Crippen molar-refractivity contribution < 1.29 is 14.3 Å². The molecule has 0 heterocycles. The van der Waals surface area contributed by atoms with Crippen LogP contribution in [0.25, 0.3) is 0 Å². The summed E-state index contributed by atoms with van der Waals surface area (Å²) in [6, 6.07) is 10.8. The van der Waals surface area contributed by atoms with Gasteiger partial charge in [0.05, 0.1) is 17.1 Å². The molecule has 4 nitrogen and oxygen atoms in total. The number of anilines is 1. The van der Waals surface area contributed by atoms with Gasteiger partial charge in [0.15, 0.2) is 0 Å². The maximum absolute atomic E-state index is 12.1. The lowest BCUT2D eigenvalue weighted by Crippen LogP contribution is -2.09. The Balaban J connectivity index is 2.07. The van der Waals surface area contributed by atoms with Crippen molar-refractivity contribution in [2.45, 2.75) is 13.5 Å². The number of nitrogen functional groups attached to an aromatic ring is 1. The van der Waals surface area contributed by atoms with E-state index in [1.54, 1.807) is 19.2 Å². The van der Waals surface area contributed by atoms with E-state index in [0.717, 1.165) is 21.3 Å². The zero-order valence-corrected chi connectivity index (χ0v) is 13.4. The first-order valence-electron chi connectivity index (χ1n) is 6.37. The lowest BCUT2D eigenvalue weighted by molar-refractivity contribution is 0.0474. The molecule has 21 heavy (non-hydrogen) atoms. The van der Waals surface area contributed by atoms with Crippen molar-refractivity contribution in [3.8, 4) is 5.75 Å². The number of benzene rings is 2. The van der Waals surface area contributed by atoms with Crippen LogP contribution < -0.4 is 10.5 Å². The highest BCUT2D eigenvalue weighted by atomic mass is 79.9. The molecule has 2 aromatic rings. The first kappa shape index (κ1) is 15.4. The third-order valence-electron chi connectivity index (χ3n) is 3.13. The number of carbonyl (C=O) groups excluding carboxylic acids is 1. The largest absolute Gasteiger partial charge is 0.496 e. The third-order valence-corrected chi connectivity index (χ3v) is 3.75. The van der Waals surface area contributed by atoms with Crippen LogP contribution in [0, 0.1) is 6.92 Å². The monoisotopic (exact) mass is 349 g/mol. The predicted octanol–water partition coefficient (Wildman–Crippen LogP) is 3.71. The topological polar surface area (TPSA) is 61.5 Å². The van der Waals surface area contributed by atoms with Gasteiger partial charge in [-0.2, -0.15) is 0 Å². The molecule has 0 atom stereocenters. The summed E-state index contributed by atoms with van der Waals surface area (Å²) in [5, 5.41) is 0. The summed E-state index contributed by atoms with van der Waals surface area (Å²) in [5.74, 6) is 0.302. The molecule has 0 aliphatic heterocycles. The molecule has 0 unspecified atom stereocenters. The summed E-state index contributed by atoms with van der Waals surface area (Å²) in [6.07, 6.45) is 0. The van der Waals surface area contributed by atoms with Crippen LogP contribution in [0.15, 0.2) is 40.9 Å². The molecule has 2 aromatic carbocycles. The minimum Gasteiger partial charge on any atom is -0.496 e. The van der Waals surface area contributed by atoms with Gasteiger partial charge in [-0.15, -0.1) is 0 Å². The van der Waals surface area contributed by atoms with E-state index in [0.29, 0.717) is 11.3 Å². The standard InChI is InChI=1S/C16H16BrNO3/c1-10-4-3-5-12(15(10)18)16(19)21-9-11-6-7-14(20-2)13(17)8-11/h3-8H,9,18H2,1-2H3. The van der Waals surface area contributed by atoms with Gasteiger partial charge in [-0.1, -0.05) is 18.2 Å². The minimum atomic E-state index is -0.428. The maximum atomic E-state index is 12.1. The van der Waals surface area contributed by atoms with E-state index in [2.05, 4.69) is 15.9 Å². The fourth-order valence-corrected chi connectivity index (χ4v) is 2.47. The second-order valence-corrected chi connectivity index (χ2v) is 5.44. The van der Waals surface area contributed by atoms with Crippen molar-refractivity contribution in [2.24, 2.45) is 0 Å². The van der Waals surface area contributed by atoms with Gasteiger partial charge in [0, 0.05) is 5.69 Å². The lowest BCUT2D eigenvalue weighted by Gasteiger charge is -2.10. The number of esters is 1. The molecule has 0 aliphatic rings. The fraction of sp³-hybridized carbons (Fsp3) is 0.188. The Bertz CT molecular complexity index is 671. The fourth-order valence-electron chi connectivity index (χ4n) is 1.88. The van der Waals surface area contributed by atoms with Crippen molar-refractivity contribution in [1.29, 1.82) is 0 Å². The number of nitrogens with two attached hydrogens (primary N) is 1. The zero-order chi connectivity index (χ0) is 15.4. The van der Waals surface area contributed by atoms with Crippen LogP contribution in [-0.4, -0.2) is 13.1 Å². The van der Waals surface area contributed by atoms with E-state index in [1.807, 2.05) is 31.2 Å². The van der Waals surface area contributed by atoms with Crippen molar-refractivity contribution in [3.05, 3.63) is 57.6 Å². The summed E-state index contributed by atoms with van der Waals surface area (Å²) in [4.78, 5) is 12.1. The van der Waals surface area contributed by atoms with E-state index < -0.39 is 5.97 Å². The molecule has 0 saturated carbocycles. The second kappa shape index (κ2) is 6.63. The van der Waals surface area contributed by atoms with E-state index in [4.69, 9.17) is 15.2 Å². The summed E-state index contributed by atoms with van der Waals surface area (Å²) in [7, 11) is 1.60. The molecule has 0 aliphatic carbocycles. The van der Waals surface area contributed by atoms with Crippen LogP contribution in [0.4, 0.5) is 5.69 Å².